The summed E-state index contributed by atoms with van der Waals surface area (Å²) in [6.07, 6.45) is 0.594. The van der Waals surface area contributed by atoms with Crippen molar-refractivity contribution in [3.8, 4) is 0 Å². The Balaban J connectivity index is 0. The molecule has 0 fully saturated rings. The Morgan fingerprint density at radius 3 is 1.67 bits per heavy atom. The molecule has 0 aromatic carbocycles. The minimum atomic E-state index is -0.667. The Morgan fingerprint density at radius 2 is 1.67 bits per heavy atom. The number of aliphatic hydroxyl groups is 3. The molecule has 0 aromatic rings. The molecule has 0 bridgehead atoms. The summed E-state index contributed by atoms with van der Waals surface area (Å²) in [5, 5.41) is 26.0. The summed E-state index contributed by atoms with van der Waals surface area (Å²) in [6, 6.07) is 0. The summed E-state index contributed by atoms with van der Waals surface area (Å²) in [7, 11) is 0. The van der Waals surface area contributed by atoms with Crippen LogP contribution in [0.25, 0.3) is 0 Å². The van der Waals surface area contributed by atoms with Crippen molar-refractivity contribution in [2.45, 2.75) is 20.3 Å². The maximum Gasteiger partial charge on any atom is 0.310 e. The van der Waals surface area contributed by atoms with Gasteiger partial charge < -0.3 is 20.1 Å². The highest BCUT2D eigenvalue weighted by atomic mass is 16.6. The molecule has 90 valence electrons. The van der Waals surface area contributed by atoms with Crippen molar-refractivity contribution in [1.82, 2.24) is 0 Å². The Labute approximate surface area is 88.5 Å². The van der Waals surface area contributed by atoms with E-state index in [1.165, 1.54) is 0 Å². The number of hydrogen-bond acceptors (Lipinski definition) is 6. The van der Waals surface area contributed by atoms with E-state index in [1.54, 1.807) is 0 Å². The molecule has 0 heterocycles. The fraction of sp³-hybridized carbons (Fsp3) is 0.778. The summed E-state index contributed by atoms with van der Waals surface area (Å²) < 4.78 is 3.72. The Hall–Kier alpha value is -0.980. The molecule has 0 aromatic heterocycles. The SMILES string of the molecule is CC(=O)OC=O.CCC(CO)(CO)CO. The molecule has 0 saturated carbocycles. The number of hydrogen-bond donors (Lipinski definition) is 3. The second-order valence-corrected chi connectivity index (χ2v) is 3.03. The zero-order valence-electron chi connectivity index (χ0n) is 8.97. The highest BCUT2D eigenvalue weighted by Gasteiger charge is 2.24. The topological polar surface area (TPSA) is 104 Å². The molecule has 6 nitrogen and oxygen atoms in total. The van der Waals surface area contributed by atoms with Gasteiger partial charge in [0.2, 0.25) is 0 Å². The molecule has 0 spiro atoms. The third-order valence-corrected chi connectivity index (χ3v) is 1.97. The van der Waals surface area contributed by atoms with E-state index in [0.29, 0.717) is 6.42 Å². The zero-order valence-corrected chi connectivity index (χ0v) is 8.97. The fourth-order valence-electron chi connectivity index (χ4n) is 0.553. The summed E-state index contributed by atoms with van der Waals surface area (Å²) in [5.74, 6) is -0.579. The quantitative estimate of drug-likeness (QED) is 0.315. The first-order chi connectivity index (χ1) is 7.01. The largest absolute Gasteiger partial charge is 0.396 e. The molecule has 0 radical (unpaired) electrons. The highest BCUT2D eigenvalue weighted by molar-refractivity contribution is 5.73. The second kappa shape index (κ2) is 9.57. The number of esters is 1. The van der Waals surface area contributed by atoms with Crippen LogP contribution in [0, 0.1) is 5.41 Å². The van der Waals surface area contributed by atoms with Gasteiger partial charge in [0.05, 0.1) is 19.8 Å². The van der Waals surface area contributed by atoms with Gasteiger partial charge in [0.25, 0.3) is 0 Å². The van der Waals surface area contributed by atoms with Gasteiger partial charge in [-0.05, 0) is 6.42 Å². The van der Waals surface area contributed by atoms with E-state index in [1.807, 2.05) is 6.92 Å². The van der Waals surface area contributed by atoms with Crippen LogP contribution in [0.4, 0.5) is 0 Å². The van der Waals surface area contributed by atoms with Crippen LogP contribution in [0.2, 0.25) is 0 Å². The normalized spacial score (nSPS) is 9.93. The number of carbonyl (C=O) groups excluding carboxylic acids is 2. The Kier molecular flexibility index (Phi) is 10.5. The number of ether oxygens (including phenoxy) is 1. The van der Waals surface area contributed by atoms with E-state index in [0.717, 1.165) is 6.92 Å². The van der Waals surface area contributed by atoms with Gasteiger partial charge in [-0.1, -0.05) is 6.92 Å². The molecule has 0 aliphatic carbocycles. The van der Waals surface area contributed by atoms with Crippen molar-refractivity contribution in [1.29, 1.82) is 0 Å². The summed E-state index contributed by atoms with van der Waals surface area (Å²) in [5.41, 5.74) is -0.667. The predicted molar refractivity (Wildman–Crippen MR) is 51.8 cm³/mol. The fourth-order valence-corrected chi connectivity index (χ4v) is 0.553. The lowest BCUT2D eigenvalue weighted by Crippen LogP contribution is -2.32. The number of rotatable bonds is 5. The van der Waals surface area contributed by atoms with E-state index in [4.69, 9.17) is 15.3 Å². The van der Waals surface area contributed by atoms with Crippen molar-refractivity contribution >= 4 is 12.4 Å². The zero-order chi connectivity index (χ0) is 12.3. The standard InChI is InChI=1S/C6H14O3.C3H4O3/c1-2-6(3-7,4-8)5-9;1-3(5)6-2-4/h7-9H,2-5H2,1H3;2H,1H3. The minimum Gasteiger partial charge on any atom is -0.396 e. The second-order valence-electron chi connectivity index (χ2n) is 3.03. The third-order valence-electron chi connectivity index (χ3n) is 1.97. The van der Waals surface area contributed by atoms with Crippen LogP contribution in [-0.4, -0.2) is 47.6 Å². The first-order valence-corrected chi connectivity index (χ1v) is 4.45. The van der Waals surface area contributed by atoms with Crippen LogP contribution in [0.3, 0.4) is 0 Å². The van der Waals surface area contributed by atoms with Crippen LogP contribution < -0.4 is 0 Å². The molecule has 0 amide bonds. The van der Waals surface area contributed by atoms with Gasteiger partial charge in [-0.25, -0.2) is 0 Å². The molecular weight excluding hydrogens is 204 g/mol. The van der Waals surface area contributed by atoms with E-state index >= 15 is 0 Å². The summed E-state index contributed by atoms with van der Waals surface area (Å²) in [6.45, 7) is 2.61. The van der Waals surface area contributed by atoms with E-state index in [-0.39, 0.29) is 26.3 Å². The lowest BCUT2D eigenvalue weighted by atomic mass is 9.88. The smallest absolute Gasteiger partial charge is 0.310 e. The molecule has 0 rings (SSSR count). The van der Waals surface area contributed by atoms with Gasteiger partial charge in [0, 0.05) is 12.3 Å². The van der Waals surface area contributed by atoms with Gasteiger partial charge in [-0.3, -0.25) is 9.59 Å². The average Bonchev–Trinajstić information content (AvgIpc) is 2.23. The third kappa shape index (κ3) is 8.04. The van der Waals surface area contributed by atoms with Crippen LogP contribution in [0.1, 0.15) is 20.3 Å². The van der Waals surface area contributed by atoms with Gasteiger partial charge in [0.1, 0.15) is 0 Å². The van der Waals surface area contributed by atoms with Crippen molar-refractivity contribution < 1.29 is 29.6 Å². The van der Waals surface area contributed by atoms with Crippen LogP contribution >= 0.6 is 0 Å². The van der Waals surface area contributed by atoms with Crippen molar-refractivity contribution in [3.63, 3.8) is 0 Å². The molecule has 0 unspecified atom stereocenters. The molecular formula is C9H18O6. The van der Waals surface area contributed by atoms with Gasteiger partial charge in [0.15, 0.2) is 0 Å². The molecule has 0 atom stereocenters. The van der Waals surface area contributed by atoms with Crippen molar-refractivity contribution in [3.05, 3.63) is 0 Å². The van der Waals surface area contributed by atoms with Crippen molar-refractivity contribution in [2.75, 3.05) is 19.8 Å². The lowest BCUT2D eigenvalue weighted by Gasteiger charge is -2.24. The number of aliphatic hydroxyl groups excluding tert-OH is 3. The molecule has 0 aliphatic rings. The average molecular weight is 222 g/mol. The Morgan fingerprint density at radius 1 is 1.27 bits per heavy atom. The van der Waals surface area contributed by atoms with Crippen molar-refractivity contribution in [2.24, 2.45) is 5.41 Å². The van der Waals surface area contributed by atoms with Gasteiger partial charge >= 0.3 is 12.4 Å². The van der Waals surface area contributed by atoms with Gasteiger partial charge in [-0.15, -0.1) is 0 Å². The Bertz CT molecular complexity index is 158. The molecule has 0 saturated heterocycles. The minimum absolute atomic E-state index is 0.0995. The highest BCUT2D eigenvalue weighted by Crippen LogP contribution is 2.18. The first kappa shape index (κ1) is 16.4. The van der Waals surface area contributed by atoms with Gasteiger partial charge in [-0.2, -0.15) is 0 Å². The molecule has 0 aliphatic heterocycles. The summed E-state index contributed by atoms with van der Waals surface area (Å²) >= 11 is 0. The molecule has 3 N–H and O–H groups in total. The first-order valence-electron chi connectivity index (χ1n) is 4.45. The lowest BCUT2D eigenvalue weighted by molar-refractivity contribution is -0.149. The van der Waals surface area contributed by atoms with E-state index < -0.39 is 11.4 Å². The maximum absolute atomic E-state index is 9.59. The molecule has 6 heteroatoms. The number of carbonyl (C=O) groups is 2. The summed E-state index contributed by atoms with van der Waals surface area (Å²) in [4.78, 5) is 18.8. The van der Waals surface area contributed by atoms with Crippen LogP contribution in [0.5, 0.6) is 0 Å². The van der Waals surface area contributed by atoms with Crippen LogP contribution in [0.15, 0.2) is 0 Å². The predicted octanol–water partition coefficient (Wildman–Crippen LogP) is -0.934. The molecule has 15 heavy (non-hydrogen) atoms. The maximum atomic E-state index is 9.59. The van der Waals surface area contributed by atoms with E-state index in [2.05, 4.69) is 4.74 Å². The van der Waals surface area contributed by atoms with Crippen LogP contribution in [-0.2, 0) is 14.3 Å². The monoisotopic (exact) mass is 222 g/mol. The van der Waals surface area contributed by atoms with E-state index in [9.17, 15) is 9.59 Å².